The highest BCUT2D eigenvalue weighted by molar-refractivity contribution is 5.76. The Morgan fingerprint density at radius 3 is 2.57 bits per heavy atom. The quantitative estimate of drug-likeness (QED) is 0.627. The molecule has 0 spiro atoms. The number of hydrogen-bond acceptors (Lipinski definition) is 7. The second-order valence-electron chi connectivity index (χ2n) is 6.91. The number of nitrogens with zero attached hydrogens (tertiary/aromatic N) is 1. The summed E-state index contributed by atoms with van der Waals surface area (Å²) in [4.78, 5) is 12.9. The maximum absolute atomic E-state index is 12.9. The number of esters is 1. The molecule has 28 heavy (non-hydrogen) atoms. The molecule has 0 unspecified atom stereocenters. The molecular formula is C21H24N2O5. The van der Waals surface area contributed by atoms with Gasteiger partial charge in [-0.3, -0.25) is 10.6 Å². The lowest BCUT2D eigenvalue weighted by molar-refractivity contribution is -0.149. The highest BCUT2D eigenvalue weighted by Gasteiger charge is 2.47. The summed E-state index contributed by atoms with van der Waals surface area (Å²) in [7, 11) is 1.62. The summed E-state index contributed by atoms with van der Waals surface area (Å²) in [6.07, 6.45) is 0. The van der Waals surface area contributed by atoms with Crippen LogP contribution in [-0.2, 0) is 9.53 Å². The molecule has 0 saturated carbocycles. The molecule has 0 aliphatic carbocycles. The molecule has 2 aromatic rings. The molecule has 2 N–H and O–H groups in total. The zero-order chi connectivity index (χ0) is 19.7. The Labute approximate surface area is 163 Å². The fourth-order valence-electron chi connectivity index (χ4n) is 4.07. The first-order valence-electron chi connectivity index (χ1n) is 9.33. The van der Waals surface area contributed by atoms with Crippen molar-refractivity contribution >= 4 is 5.97 Å². The Morgan fingerprint density at radius 2 is 1.86 bits per heavy atom. The highest BCUT2D eigenvalue weighted by Crippen LogP contribution is 2.46. The zero-order valence-corrected chi connectivity index (χ0v) is 16.0. The average molecular weight is 384 g/mol. The van der Waals surface area contributed by atoms with Gasteiger partial charge in [0.1, 0.15) is 5.75 Å². The Hall–Kier alpha value is -2.77. The number of ether oxygens (including phenoxy) is 4. The largest absolute Gasteiger partial charge is 0.497 e. The van der Waals surface area contributed by atoms with E-state index in [0.717, 1.165) is 16.9 Å². The van der Waals surface area contributed by atoms with Crippen molar-refractivity contribution in [3.63, 3.8) is 0 Å². The van der Waals surface area contributed by atoms with Gasteiger partial charge in [0.05, 0.1) is 25.7 Å². The third kappa shape index (κ3) is 3.27. The van der Waals surface area contributed by atoms with Crippen molar-refractivity contribution in [1.82, 2.24) is 5.01 Å². The van der Waals surface area contributed by atoms with E-state index in [1.54, 1.807) is 12.1 Å². The van der Waals surface area contributed by atoms with Crippen molar-refractivity contribution in [3.05, 3.63) is 53.6 Å². The molecule has 2 aliphatic heterocycles. The number of nitrogens with two attached hydrogens (primary N) is 1. The zero-order valence-electron chi connectivity index (χ0n) is 16.0. The summed E-state index contributed by atoms with van der Waals surface area (Å²) >= 11 is 0. The predicted octanol–water partition coefficient (Wildman–Crippen LogP) is 2.62. The molecule has 4 rings (SSSR count). The molecule has 2 aromatic carbocycles. The highest BCUT2D eigenvalue weighted by atomic mass is 16.7. The fourth-order valence-corrected chi connectivity index (χ4v) is 4.07. The van der Waals surface area contributed by atoms with Gasteiger partial charge in [-0.1, -0.05) is 18.2 Å². The van der Waals surface area contributed by atoms with E-state index in [1.807, 2.05) is 49.4 Å². The summed E-state index contributed by atoms with van der Waals surface area (Å²) < 4.78 is 21.6. The van der Waals surface area contributed by atoms with Crippen LogP contribution in [0.3, 0.4) is 0 Å². The number of hydrazine groups is 1. The van der Waals surface area contributed by atoms with E-state index in [0.29, 0.717) is 24.7 Å². The molecule has 0 amide bonds. The lowest BCUT2D eigenvalue weighted by Crippen LogP contribution is -2.34. The second-order valence-corrected chi connectivity index (χ2v) is 6.91. The van der Waals surface area contributed by atoms with Crippen LogP contribution in [0.25, 0.3) is 0 Å². The van der Waals surface area contributed by atoms with Crippen LogP contribution in [0, 0.1) is 5.92 Å². The molecule has 1 saturated heterocycles. The number of rotatable bonds is 5. The minimum absolute atomic E-state index is 0.120. The van der Waals surface area contributed by atoms with Crippen molar-refractivity contribution in [1.29, 1.82) is 0 Å². The Morgan fingerprint density at radius 1 is 1.14 bits per heavy atom. The number of fused-ring (bicyclic) bond motifs is 1. The average Bonchev–Trinajstić information content (AvgIpc) is 3.31. The van der Waals surface area contributed by atoms with Crippen molar-refractivity contribution in [2.24, 2.45) is 11.8 Å². The van der Waals surface area contributed by atoms with Crippen molar-refractivity contribution < 1.29 is 23.7 Å². The van der Waals surface area contributed by atoms with Crippen LogP contribution in [0.1, 0.15) is 30.0 Å². The first-order chi connectivity index (χ1) is 13.6. The monoisotopic (exact) mass is 384 g/mol. The molecular weight excluding hydrogens is 360 g/mol. The van der Waals surface area contributed by atoms with Crippen molar-refractivity contribution in [2.75, 3.05) is 27.1 Å². The van der Waals surface area contributed by atoms with Crippen molar-refractivity contribution in [2.45, 2.75) is 18.9 Å². The van der Waals surface area contributed by atoms with Gasteiger partial charge in [-0.15, -0.1) is 0 Å². The van der Waals surface area contributed by atoms with Crippen LogP contribution in [-0.4, -0.2) is 38.0 Å². The number of hydrogen-bond donors (Lipinski definition) is 1. The van der Waals surface area contributed by atoms with E-state index in [1.165, 1.54) is 0 Å². The number of benzene rings is 2. The van der Waals surface area contributed by atoms with Crippen LogP contribution in [0.4, 0.5) is 0 Å². The lowest BCUT2D eigenvalue weighted by atomic mass is 9.82. The molecule has 2 heterocycles. The summed E-state index contributed by atoms with van der Waals surface area (Å²) in [5.74, 6) is 7.74. The summed E-state index contributed by atoms with van der Waals surface area (Å²) in [5, 5.41) is 1.72. The van der Waals surface area contributed by atoms with E-state index < -0.39 is 5.92 Å². The van der Waals surface area contributed by atoms with Gasteiger partial charge < -0.3 is 18.9 Å². The number of carbonyl (C=O) groups excluding carboxylic acids is 1. The molecule has 0 aromatic heterocycles. The van der Waals surface area contributed by atoms with Crippen LogP contribution in [0.5, 0.6) is 17.2 Å². The molecule has 148 valence electrons. The summed E-state index contributed by atoms with van der Waals surface area (Å²) in [6.45, 7) is 2.87. The summed E-state index contributed by atoms with van der Waals surface area (Å²) in [5.41, 5.74) is 1.93. The molecule has 7 nitrogen and oxygen atoms in total. The molecule has 1 fully saturated rings. The first kappa shape index (κ1) is 18.6. The van der Waals surface area contributed by atoms with Crippen LogP contribution in [0.2, 0.25) is 0 Å². The van der Waals surface area contributed by atoms with Crippen LogP contribution in [0.15, 0.2) is 42.5 Å². The predicted molar refractivity (Wildman–Crippen MR) is 102 cm³/mol. The smallest absolute Gasteiger partial charge is 0.311 e. The van der Waals surface area contributed by atoms with Crippen LogP contribution < -0.4 is 20.1 Å². The molecule has 7 heteroatoms. The lowest BCUT2D eigenvalue weighted by Gasteiger charge is -2.25. The maximum Gasteiger partial charge on any atom is 0.311 e. The first-order valence-corrected chi connectivity index (χ1v) is 9.33. The van der Waals surface area contributed by atoms with Gasteiger partial charge in [0.15, 0.2) is 11.5 Å². The Kier molecular flexibility index (Phi) is 5.11. The maximum atomic E-state index is 12.9. The van der Waals surface area contributed by atoms with Gasteiger partial charge in [0.25, 0.3) is 0 Å². The molecule has 3 atom stereocenters. The topological polar surface area (TPSA) is 83.3 Å². The van der Waals surface area contributed by atoms with E-state index in [-0.39, 0.29) is 24.7 Å². The van der Waals surface area contributed by atoms with Gasteiger partial charge in [-0.05, 0) is 42.3 Å². The molecule has 2 aliphatic rings. The molecule has 0 bridgehead atoms. The van der Waals surface area contributed by atoms with Gasteiger partial charge in [0.2, 0.25) is 6.79 Å². The van der Waals surface area contributed by atoms with Crippen molar-refractivity contribution in [3.8, 4) is 17.2 Å². The van der Waals surface area contributed by atoms with Gasteiger partial charge in [-0.2, -0.15) is 0 Å². The molecule has 0 radical (unpaired) electrons. The standard InChI is InChI=1S/C21H24N2O5/c1-3-26-21(24)19-16(14-6-9-17-18(10-14)28-12-27-17)11-23(22)20(19)13-4-7-15(25-2)8-5-13/h4-10,16,19-20H,3,11-12,22H2,1-2H3/t16-,19+,20-/m1/s1. The van der Waals surface area contributed by atoms with Gasteiger partial charge in [-0.25, -0.2) is 5.01 Å². The minimum atomic E-state index is -0.432. The van der Waals surface area contributed by atoms with E-state index in [4.69, 9.17) is 24.8 Å². The van der Waals surface area contributed by atoms with E-state index >= 15 is 0 Å². The minimum Gasteiger partial charge on any atom is -0.497 e. The van der Waals surface area contributed by atoms with E-state index in [9.17, 15) is 4.79 Å². The number of carbonyl (C=O) groups is 1. The SMILES string of the molecule is CCOC(=O)[C@H]1[C@@H](c2ccc3c(c2)OCO3)CN(N)[C@@H]1c1ccc(OC)cc1. The Balaban J connectivity index is 1.70. The third-order valence-corrected chi connectivity index (χ3v) is 5.38. The number of methoxy groups -OCH3 is 1. The van der Waals surface area contributed by atoms with Gasteiger partial charge in [0, 0.05) is 12.5 Å². The van der Waals surface area contributed by atoms with Gasteiger partial charge >= 0.3 is 5.97 Å². The fraction of sp³-hybridized carbons (Fsp3) is 0.381. The van der Waals surface area contributed by atoms with E-state index in [2.05, 4.69) is 0 Å². The normalized spacial score (nSPS) is 23.6. The second kappa shape index (κ2) is 7.69. The Bertz CT molecular complexity index is 854. The summed E-state index contributed by atoms with van der Waals surface area (Å²) in [6, 6.07) is 13.1. The third-order valence-electron chi connectivity index (χ3n) is 5.38. The van der Waals surface area contributed by atoms with Crippen LogP contribution >= 0.6 is 0 Å².